The van der Waals surface area contributed by atoms with Gasteiger partial charge in [-0.3, -0.25) is 0 Å². The van der Waals surface area contributed by atoms with Gasteiger partial charge < -0.3 is 10.5 Å². The predicted octanol–water partition coefficient (Wildman–Crippen LogP) is 1.93. The summed E-state index contributed by atoms with van der Waals surface area (Å²) in [4.78, 5) is 4.66. The van der Waals surface area contributed by atoms with E-state index in [-0.39, 0.29) is 0 Å². The lowest BCUT2D eigenvalue weighted by Gasteiger charge is -2.01. The number of hydrogen-bond acceptors (Lipinski definition) is 4. The number of nitrogens with zero attached hydrogens (tertiary/aromatic N) is 1. The Balaban J connectivity index is 1.86. The molecule has 0 saturated carbocycles. The van der Waals surface area contributed by atoms with Crippen molar-refractivity contribution in [1.29, 1.82) is 0 Å². The largest absolute Gasteiger partial charge is 0.381 e. The standard InChI is InChI=1S/C11H18N2OS/c12-5-2-1-3-11-13-10(8-15-11)9-4-6-14-7-9/h8-9H,1-7,12H2. The fourth-order valence-corrected chi connectivity index (χ4v) is 2.74. The van der Waals surface area contributed by atoms with Gasteiger partial charge in [-0.25, -0.2) is 4.98 Å². The monoisotopic (exact) mass is 226 g/mol. The van der Waals surface area contributed by atoms with Crippen LogP contribution in [-0.4, -0.2) is 24.7 Å². The van der Waals surface area contributed by atoms with Crippen LogP contribution < -0.4 is 5.73 Å². The first-order chi connectivity index (χ1) is 7.40. The Bertz CT molecular complexity index is 295. The van der Waals surface area contributed by atoms with Crippen molar-refractivity contribution in [2.24, 2.45) is 5.73 Å². The van der Waals surface area contributed by atoms with Gasteiger partial charge in [-0.2, -0.15) is 0 Å². The molecule has 15 heavy (non-hydrogen) atoms. The highest BCUT2D eigenvalue weighted by Crippen LogP contribution is 2.26. The van der Waals surface area contributed by atoms with Crippen LogP contribution in [0.25, 0.3) is 0 Å². The van der Waals surface area contributed by atoms with E-state index in [1.807, 2.05) is 0 Å². The second-order valence-corrected chi connectivity index (χ2v) is 4.92. The van der Waals surface area contributed by atoms with Crippen molar-refractivity contribution in [3.05, 3.63) is 16.1 Å². The number of nitrogens with two attached hydrogens (primary N) is 1. The zero-order valence-electron chi connectivity index (χ0n) is 8.95. The number of unbranched alkanes of at least 4 members (excludes halogenated alkanes) is 1. The van der Waals surface area contributed by atoms with Crippen LogP contribution in [0, 0.1) is 0 Å². The minimum absolute atomic E-state index is 0.546. The Kier molecular flexibility index (Phi) is 4.11. The molecule has 0 aliphatic carbocycles. The van der Waals surface area contributed by atoms with Gasteiger partial charge in [0.1, 0.15) is 0 Å². The Labute approximate surface area is 94.7 Å². The summed E-state index contributed by atoms with van der Waals surface area (Å²) in [5.41, 5.74) is 6.70. The summed E-state index contributed by atoms with van der Waals surface area (Å²) in [7, 11) is 0. The molecule has 1 unspecified atom stereocenters. The van der Waals surface area contributed by atoms with E-state index in [1.165, 1.54) is 10.7 Å². The average Bonchev–Trinajstić information content (AvgIpc) is 2.87. The molecule has 0 spiro atoms. The quantitative estimate of drug-likeness (QED) is 0.780. The molecule has 0 aromatic carbocycles. The first-order valence-corrected chi connectivity index (χ1v) is 6.50. The molecule has 1 saturated heterocycles. The van der Waals surface area contributed by atoms with Gasteiger partial charge in [0.05, 0.1) is 17.3 Å². The van der Waals surface area contributed by atoms with Crippen molar-refractivity contribution in [2.45, 2.75) is 31.6 Å². The second-order valence-electron chi connectivity index (χ2n) is 3.97. The van der Waals surface area contributed by atoms with Crippen molar-refractivity contribution in [3.8, 4) is 0 Å². The van der Waals surface area contributed by atoms with Crippen LogP contribution in [-0.2, 0) is 11.2 Å². The van der Waals surface area contributed by atoms with Gasteiger partial charge in [0.2, 0.25) is 0 Å². The summed E-state index contributed by atoms with van der Waals surface area (Å²) < 4.78 is 5.37. The van der Waals surface area contributed by atoms with Crippen LogP contribution in [0.3, 0.4) is 0 Å². The topological polar surface area (TPSA) is 48.1 Å². The maximum Gasteiger partial charge on any atom is 0.0928 e. The van der Waals surface area contributed by atoms with E-state index in [2.05, 4.69) is 10.4 Å². The van der Waals surface area contributed by atoms with E-state index in [4.69, 9.17) is 10.5 Å². The van der Waals surface area contributed by atoms with Crippen LogP contribution >= 0.6 is 11.3 Å². The van der Waals surface area contributed by atoms with E-state index in [9.17, 15) is 0 Å². The SMILES string of the molecule is NCCCCc1nc(C2CCOC2)cs1. The molecule has 1 atom stereocenters. The maximum atomic E-state index is 5.46. The number of rotatable bonds is 5. The molecular formula is C11H18N2OS. The molecule has 1 aliphatic heterocycles. The van der Waals surface area contributed by atoms with Crippen LogP contribution in [0.4, 0.5) is 0 Å². The minimum atomic E-state index is 0.546. The van der Waals surface area contributed by atoms with Gasteiger partial charge in [-0.05, 0) is 32.2 Å². The van der Waals surface area contributed by atoms with Gasteiger partial charge in [0.25, 0.3) is 0 Å². The van der Waals surface area contributed by atoms with E-state index >= 15 is 0 Å². The van der Waals surface area contributed by atoms with Gasteiger partial charge in [0.15, 0.2) is 0 Å². The Morgan fingerprint density at radius 2 is 2.47 bits per heavy atom. The zero-order valence-corrected chi connectivity index (χ0v) is 9.76. The van der Waals surface area contributed by atoms with E-state index in [0.717, 1.165) is 45.4 Å². The summed E-state index contributed by atoms with van der Waals surface area (Å²) in [6.07, 6.45) is 4.47. The van der Waals surface area contributed by atoms with E-state index < -0.39 is 0 Å². The predicted molar refractivity (Wildman–Crippen MR) is 62.3 cm³/mol. The summed E-state index contributed by atoms with van der Waals surface area (Å²) in [5, 5.41) is 3.45. The lowest BCUT2D eigenvalue weighted by Crippen LogP contribution is -2.00. The summed E-state index contributed by atoms with van der Waals surface area (Å²) in [6.45, 7) is 2.53. The van der Waals surface area contributed by atoms with Crippen molar-refractivity contribution in [3.63, 3.8) is 0 Å². The summed E-state index contributed by atoms with van der Waals surface area (Å²) in [5.74, 6) is 0.546. The highest BCUT2D eigenvalue weighted by Gasteiger charge is 2.20. The van der Waals surface area contributed by atoms with Gasteiger partial charge in [-0.1, -0.05) is 0 Å². The number of aryl methyl sites for hydroxylation is 1. The van der Waals surface area contributed by atoms with Crippen LogP contribution in [0.15, 0.2) is 5.38 Å². The highest BCUT2D eigenvalue weighted by atomic mass is 32.1. The molecule has 4 heteroatoms. The molecule has 1 aromatic rings. The number of thiazole rings is 1. The first kappa shape index (κ1) is 11.0. The fraction of sp³-hybridized carbons (Fsp3) is 0.727. The highest BCUT2D eigenvalue weighted by molar-refractivity contribution is 7.09. The molecule has 2 rings (SSSR count). The molecule has 2 N–H and O–H groups in total. The van der Waals surface area contributed by atoms with E-state index in [0.29, 0.717) is 5.92 Å². The van der Waals surface area contributed by atoms with E-state index in [1.54, 1.807) is 11.3 Å². The molecule has 0 amide bonds. The molecule has 1 aromatic heterocycles. The maximum absolute atomic E-state index is 5.46. The third kappa shape index (κ3) is 3.00. The Morgan fingerprint density at radius 3 is 3.20 bits per heavy atom. The van der Waals surface area contributed by atoms with Crippen LogP contribution in [0.1, 0.15) is 35.9 Å². The normalized spacial score (nSPS) is 21.0. The summed E-state index contributed by atoms with van der Waals surface area (Å²) in [6, 6.07) is 0. The molecule has 0 bridgehead atoms. The number of aromatic nitrogens is 1. The van der Waals surface area contributed by atoms with Crippen molar-refractivity contribution in [1.82, 2.24) is 4.98 Å². The zero-order chi connectivity index (χ0) is 10.5. The molecular weight excluding hydrogens is 208 g/mol. The molecule has 3 nitrogen and oxygen atoms in total. The lowest BCUT2D eigenvalue weighted by molar-refractivity contribution is 0.193. The number of ether oxygens (including phenoxy) is 1. The fourth-order valence-electron chi connectivity index (χ4n) is 1.82. The Hall–Kier alpha value is -0.450. The molecule has 84 valence electrons. The lowest BCUT2D eigenvalue weighted by atomic mass is 10.1. The van der Waals surface area contributed by atoms with Gasteiger partial charge in [0, 0.05) is 17.9 Å². The average molecular weight is 226 g/mol. The summed E-state index contributed by atoms with van der Waals surface area (Å²) >= 11 is 1.78. The smallest absolute Gasteiger partial charge is 0.0928 e. The second kappa shape index (κ2) is 5.58. The Morgan fingerprint density at radius 1 is 1.53 bits per heavy atom. The van der Waals surface area contributed by atoms with Crippen molar-refractivity contribution < 1.29 is 4.74 Å². The molecule has 2 heterocycles. The number of hydrogen-bond donors (Lipinski definition) is 1. The van der Waals surface area contributed by atoms with Gasteiger partial charge >= 0.3 is 0 Å². The molecule has 1 fully saturated rings. The van der Waals surface area contributed by atoms with Gasteiger partial charge in [-0.15, -0.1) is 11.3 Å². The third-order valence-electron chi connectivity index (χ3n) is 2.76. The molecule has 1 aliphatic rings. The first-order valence-electron chi connectivity index (χ1n) is 5.62. The minimum Gasteiger partial charge on any atom is -0.381 e. The third-order valence-corrected chi connectivity index (χ3v) is 3.69. The molecule has 0 radical (unpaired) electrons. The van der Waals surface area contributed by atoms with Crippen molar-refractivity contribution >= 4 is 11.3 Å². The van der Waals surface area contributed by atoms with Crippen LogP contribution in [0.5, 0.6) is 0 Å². The van der Waals surface area contributed by atoms with Crippen molar-refractivity contribution in [2.75, 3.05) is 19.8 Å². The van der Waals surface area contributed by atoms with Crippen LogP contribution in [0.2, 0.25) is 0 Å².